The van der Waals surface area contributed by atoms with Crippen LogP contribution in [0.2, 0.25) is 0 Å². The predicted molar refractivity (Wildman–Crippen MR) is 91.8 cm³/mol. The summed E-state index contributed by atoms with van der Waals surface area (Å²) in [5.41, 5.74) is 1.65. The Hall–Kier alpha value is -2.27. The quantitative estimate of drug-likeness (QED) is 0.757. The van der Waals surface area contributed by atoms with Crippen molar-refractivity contribution in [2.45, 2.75) is 13.3 Å². The maximum Gasteiger partial charge on any atom is 0.319 e. The maximum atomic E-state index is 11.8. The number of hydrogen-bond acceptors (Lipinski definition) is 3. The Morgan fingerprint density at radius 1 is 1.32 bits per heavy atom. The van der Waals surface area contributed by atoms with Crippen molar-refractivity contribution in [3.8, 4) is 5.75 Å². The van der Waals surface area contributed by atoms with Crippen LogP contribution in [-0.4, -0.2) is 19.2 Å². The van der Waals surface area contributed by atoms with Crippen LogP contribution in [0.25, 0.3) is 0 Å². The van der Waals surface area contributed by atoms with E-state index in [1.54, 1.807) is 17.4 Å². The van der Waals surface area contributed by atoms with Crippen LogP contribution in [0.1, 0.15) is 11.8 Å². The van der Waals surface area contributed by atoms with Crippen LogP contribution >= 0.6 is 11.3 Å². The number of anilines is 1. The van der Waals surface area contributed by atoms with Gasteiger partial charge in [-0.15, -0.1) is 11.3 Å². The van der Waals surface area contributed by atoms with E-state index in [0.717, 1.165) is 12.0 Å². The Labute approximate surface area is 134 Å². The van der Waals surface area contributed by atoms with Crippen molar-refractivity contribution in [3.05, 3.63) is 58.8 Å². The molecule has 0 radical (unpaired) electrons. The normalized spacial score (nSPS) is 10.0. The minimum absolute atomic E-state index is 0.214. The van der Waals surface area contributed by atoms with Crippen molar-refractivity contribution in [3.63, 3.8) is 0 Å². The highest BCUT2D eigenvalue weighted by Crippen LogP contribution is 2.17. The Morgan fingerprint density at radius 3 is 2.91 bits per heavy atom. The van der Waals surface area contributed by atoms with Crippen LogP contribution in [0.15, 0.2) is 53.9 Å². The molecule has 1 aromatic carbocycles. The number of urea groups is 1. The van der Waals surface area contributed by atoms with Gasteiger partial charge in [-0.3, -0.25) is 0 Å². The molecule has 0 bridgehead atoms. The highest BCUT2D eigenvalue weighted by molar-refractivity contribution is 7.09. The summed E-state index contributed by atoms with van der Waals surface area (Å²) in [6.45, 7) is 6.78. The standard InChI is InChI=1S/C17H20N2O2S/c1-13(2)12-21-15-6-3-5-14(11-15)19-17(20)18-9-8-16-7-4-10-22-16/h3-7,10-11H,1,8-9,12H2,2H3,(H2,18,19,20). The monoisotopic (exact) mass is 316 g/mol. The molecule has 4 nitrogen and oxygen atoms in total. The fourth-order valence-electron chi connectivity index (χ4n) is 1.80. The van der Waals surface area contributed by atoms with E-state index >= 15 is 0 Å². The molecule has 2 aromatic rings. The molecule has 0 saturated carbocycles. The summed E-state index contributed by atoms with van der Waals surface area (Å²) in [5, 5.41) is 7.68. The van der Waals surface area contributed by atoms with Crippen molar-refractivity contribution in [1.82, 2.24) is 5.32 Å². The molecule has 5 heteroatoms. The highest BCUT2D eigenvalue weighted by atomic mass is 32.1. The molecule has 2 amide bonds. The van der Waals surface area contributed by atoms with E-state index in [-0.39, 0.29) is 6.03 Å². The molecule has 2 N–H and O–H groups in total. The smallest absolute Gasteiger partial charge is 0.319 e. The molecule has 0 aliphatic heterocycles. The van der Waals surface area contributed by atoms with Gasteiger partial charge in [0.2, 0.25) is 0 Å². The summed E-state index contributed by atoms with van der Waals surface area (Å²) >= 11 is 1.69. The number of rotatable bonds is 7. The van der Waals surface area contributed by atoms with Gasteiger partial charge < -0.3 is 15.4 Å². The first-order valence-corrected chi connectivity index (χ1v) is 7.96. The molecule has 0 aliphatic rings. The molecule has 2 rings (SSSR count). The lowest BCUT2D eigenvalue weighted by molar-refractivity contribution is 0.252. The average Bonchev–Trinajstić information content (AvgIpc) is 2.99. The third-order valence-corrected chi connectivity index (χ3v) is 3.75. The number of carbonyl (C=O) groups is 1. The first-order valence-electron chi connectivity index (χ1n) is 7.08. The molecule has 22 heavy (non-hydrogen) atoms. The number of thiophene rings is 1. The molecular formula is C17H20N2O2S. The van der Waals surface area contributed by atoms with Crippen molar-refractivity contribution in [2.75, 3.05) is 18.5 Å². The second kappa shape index (κ2) is 8.24. The fourth-order valence-corrected chi connectivity index (χ4v) is 2.51. The Morgan fingerprint density at radius 2 is 2.18 bits per heavy atom. The van der Waals surface area contributed by atoms with E-state index < -0.39 is 0 Å². The van der Waals surface area contributed by atoms with E-state index in [1.165, 1.54) is 4.88 Å². The zero-order chi connectivity index (χ0) is 15.8. The van der Waals surface area contributed by atoms with Gasteiger partial charge in [0.1, 0.15) is 12.4 Å². The summed E-state index contributed by atoms with van der Waals surface area (Å²) in [6, 6.07) is 11.2. The van der Waals surface area contributed by atoms with E-state index in [9.17, 15) is 4.79 Å². The van der Waals surface area contributed by atoms with Gasteiger partial charge in [0.15, 0.2) is 0 Å². The molecule has 0 unspecified atom stereocenters. The molecule has 0 spiro atoms. The van der Waals surface area contributed by atoms with Crippen LogP contribution in [0.4, 0.5) is 10.5 Å². The number of benzene rings is 1. The minimum Gasteiger partial charge on any atom is -0.489 e. The van der Waals surface area contributed by atoms with Gasteiger partial charge in [-0.05, 0) is 42.5 Å². The van der Waals surface area contributed by atoms with Crippen LogP contribution in [0.3, 0.4) is 0 Å². The Balaban J connectivity index is 1.78. The summed E-state index contributed by atoms with van der Waals surface area (Å²) in [5.74, 6) is 0.708. The Kier molecular flexibility index (Phi) is 6.03. The second-order valence-corrected chi connectivity index (χ2v) is 6.02. The third-order valence-electron chi connectivity index (χ3n) is 2.81. The van der Waals surface area contributed by atoms with Crippen LogP contribution in [-0.2, 0) is 6.42 Å². The molecule has 0 atom stereocenters. The first-order chi connectivity index (χ1) is 10.6. The number of amides is 2. The first kappa shape index (κ1) is 16.1. The number of nitrogens with one attached hydrogen (secondary N) is 2. The molecule has 0 aliphatic carbocycles. The molecule has 1 heterocycles. The van der Waals surface area contributed by atoms with Gasteiger partial charge in [-0.2, -0.15) is 0 Å². The van der Waals surface area contributed by atoms with Crippen LogP contribution in [0.5, 0.6) is 5.75 Å². The molecular weight excluding hydrogens is 296 g/mol. The number of hydrogen-bond donors (Lipinski definition) is 2. The van der Waals surface area contributed by atoms with Gasteiger partial charge in [0.05, 0.1) is 0 Å². The SMILES string of the molecule is C=C(C)COc1cccc(NC(=O)NCCc2cccs2)c1. The zero-order valence-electron chi connectivity index (χ0n) is 12.6. The number of carbonyl (C=O) groups excluding carboxylic acids is 1. The lowest BCUT2D eigenvalue weighted by atomic mass is 10.3. The van der Waals surface area contributed by atoms with Gasteiger partial charge in [0.25, 0.3) is 0 Å². The largest absolute Gasteiger partial charge is 0.489 e. The van der Waals surface area contributed by atoms with Gasteiger partial charge in [-0.1, -0.05) is 18.7 Å². The van der Waals surface area contributed by atoms with E-state index in [4.69, 9.17) is 4.74 Å². The van der Waals surface area contributed by atoms with Gasteiger partial charge in [0, 0.05) is 23.2 Å². The van der Waals surface area contributed by atoms with E-state index in [2.05, 4.69) is 23.3 Å². The van der Waals surface area contributed by atoms with Gasteiger partial charge >= 0.3 is 6.03 Å². The maximum absolute atomic E-state index is 11.8. The molecule has 0 fully saturated rings. The van der Waals surface area contributed by atoms with E-state index in [0.29, 0.717) is 24.6 Å². The molecule has 0 saturated heterocycles. The minimum atomic E-state index is -0.214. The van der Waals surface area contributed by atoms with Gasteiger partial charge in [-0.25, -0.2) is 4.79 Å². The van der Waals surface area contributed by atoms with Crippen LogP contribution in [0, 0.1) is 0 Å². The fraction of sp³-hybridized carbons (Fsp3) is 0.235. The molecule has 116 valence electrons. The van der Waals surface area contributed by atoms with Crippen molar-refractivity contribution >= 4 is 23.1 Å². The highest BCUT2D eigenvalue weighted by Gasteiger charge is 2.03. The van der Waals surface area contributed by atoms with Crippen LogP contribution < -0.4 is 15.4 Å². The molecule has 1 aromatic heterocycles. The number of ether oxygens (including phenoxy) is 1. The Bertz CT molecular complexity index is 623. The summed E-state index contributed by atoms with van der Waals surface area (Å²) in [7, 11) is 0. The zero-order valence-corrected chi connectivity index (χ0v) is 13.4. The lowest BCUT2D eigenvalue weighted by Gasteiger charge is -2.10. The topological polar surface area (TPSA) is 50.4 Å². The predicted octanol–water partition coefficient (Wildman–Crippen LogP) is 4.07. The van der Waals surface area contributed by atoms with Crippen molar-refractivity contribution < 1.29 is 9.53 Å². The lowest BCUT2D eigenvalue weighted by Crippen LogP contribution is -2.30. The third kappa shape index (κ3) is 5.61. The summed E-state index contributed by atoms with van der Waals surface area (Å²) in [4.78, 5) is 13.1. The second-order valence-electron chi connectivity index (χ2n) is 4.98. The summed E-state index contributed by atoms with van der Waals surface area (Å²) in [6.07, 6.45) is 0.840. The van der Waals surface area contributed by atoms with Crippen molar-refractivity contribution in [1.29, 1.82) is 0 Å². The van der Waals surface area contributed by atoms with E-state index in [1.807, 2.05) is 36.6 Å². The summed E-state index contributed by atoms with van der Waals surface area (Å²) < 4.78 is 5.55. The average molecular weight is 316 g/mol. The van der Waals surface area contributed by atoms with Crippen molar-refractivity contribution in [2.24, 2.45) is 0 Å².